The second-order valence-corrected chi connectivity index (χ2v) is 5.94. The number of hydrogen-bond donors (Lipinski definition) is 0. The van der Waals surface area contributed by atoms with Crippen molar-refractivity contribution in [3.63, 3.8) is 0 Å². The van der Waals surface area contributed by atoms with Gasteiger partial charge in [0, 0.05) is 4.47 Å². The van der Waals surface area contributed by atoms with Gasteiger partial charge >= 0.3 is 0 Å². The molecular weight excluding hydrogens is 359 g/mol. The van der Waals surface area contributed by atoms with Gasteiger partial charge in [0.05, 0.1) is 19.6 Å². The smallest absolute Gasteiger partial charge is 0.161 e. The zero-order valence-corrected chi connectivity index (χ0v) is 14.3. The molecule has 21 heavy (non-hydrogen) atoms. The maximum atomic E-state index is 13.6. The molecule has 1 unspecified atom stereocenters. The Hall–Kier alpha value is -1.26. The topological polar surface area (TPSA) is 18.5 Å². The van der Waals surface area contributed by atoms with Crippen LogP contribution in [0, 0.1) is 12.7 Å². The third-order valence-electron chi connectivity index (χ3n) is 3.13. The van der Waals surface area contributed by atoms with Crippen LogP contribution in [0.2, 0.25) is 0 Å². The van der Waals surface area contributed by atoms with E-state index in [0.717, 1.165) is 15.6 Å². The molecule has 2 aromatic rings. The van der Waals surface area contributed by atoms with E-state index in [-0.39, 0.29) is 5.82 Å². The predicted molar refractivity (Wildman–Crippen MR) is 86.1 cm³/mol. The third-order valence-corrected chi connectivity index (χ3v) is 4.31. The van der Waals surface area contributed by atoms with Gasteiger partial charge < -0.3 is 9.47 Å². The summed E-state index contributed by atoms with van der Waals surface area (Å²) in [6.45, 7) is 1.83. The Balaban J connectivity index is 2.49. The van der Waals surface area contributed by atoms with Gasteiger partial charge in [0.2, 0.25) is 0 Å². The molecule has 0 spiro atoms. The van der Waals surface area contributed by atoms with Gasteiger partial charge in [-0.3, -0.25) is 0 Å². The Morgan fingerprint density at radius 2 is 1.67 bits per heavy atom. The summed E-state index contributed by atoms with van der Waals surface area (Å²) in [5, 5.41) is -0.492. The Morgan fingerprint density at radius 1 is 1.05 bits per heavy atom. The molecule has 2 rings (SSSR count). The Bertz CT molecular complexity index is 641. The number of methoxy groups -OCH3 is 2. The average Bonchev–Trinajstić information content (AvgIpc) is 2.45. The van der Waals surface area contributed by atoms with Crippen molar-refractivity contribution in [2.24, 2.45) is 0 Å². The summed E-state index contributed by atoms with van der Waals surface area (Å²) in [4.78, 5) is 0. The summed E-state index contributed by atoms with van der Waals surface area (Å²) in [6.07, 6.45) is 0. The van der Waals surface area contributed by atoms with E-state index < -0.39 is 5.38 Å². The molecule has 0 amide bonds. The minimum Gasteiger partial charge on any atom is -0.493 e. The molecule has 5 heteroatoms. The number of ether oxygens (including phenoxy) is 2. The van der Waals surface area contributed by atoms with Crippen LogP contribution in [0.4, 0.5) is 4.39 Å². The maximum Gasteiger partial charge on any atom is 0.161 e. The lowest BCUT2D eigenvalue weighted by Gasteiger charge is -2.16. The van der Waals surface area contributed by atoms with Crippen LogP contribution in [0.5, 0.6) is 11.5 Å². The number of benzene rings is 2. The van der Waals surface area contributed by atoms with Gasteiger partial charge in [-0.2, -0.15) is 0 Å². The van der Waals surface area contributed by atoms with Crippen molar-refractivity contribution in [3.8, 4) is 11.5 Å². The fourth-order valence-electron chi connectivity index (χ4n) is 2.15. The molecule has 2 aromatic carbocycles. The summed E-state index contributed by atoms with van der Waals surface area (Å²) in [7, 11) is 3.13. The van der Waals surface area contributed by atoms with Crippen molar-refractivity contribution in [2.75, 3.05) is 14.2 Å². The third kappa shape index (κ3) is 3.50. The minimum absolute atomic E-state index is 0.299. The summed E-state index contributed by atoms with van der Waals surface area (Å²) in [6, 6.07) is 8.35. The van der Waals surface area contributed by atoms with Crippen molar-refractivity contribution in [1.82, 2.24) is 0 Å². The fraction of sp³-hybridized carbons (Fsp3) is 0.250. The molecule has 0 fully saturated rings. The molecule has 0 N–H and O–H groups in total. The lowest BCUT2D eigenvalue weighted by Crippen LogP contribution is -1.99. The number of rotatable bonds is 4. The molecule has 2 nitrogen and oxygen atoms in total. The van der Waals surface area contributed by atoms with Crippen LogP contribution in [0.15, 0.2) is 34.8 Å². The molecule has 0 bridgehead atoms. The number of aryl methyl sites for hydroxylation is 1. The number of halogens is 3. The highest BCUT2D eigenvalue weighted by molar-refractivity contribution is 9.10. The van der Waals surface area contributed by atoms with Crippen molar-refractivity contribution in [2.45, 2.75) is 12.3 Å². The minimum atomic E-state index is -0.492. The second-order valence-electron chi connectivity index (χ2n) is 4.65. The van der Waals surface area contributed by atoms with Crippen molar-refractivity contribution in [1.29, 1.82) is 0 Å². The van der Waals surface area contributed by atoms with E-state index in [0.29, 0.717) is 17.1 Å². The van der Waals surface area contributed by atoms with Crippen LogP contribution in [-0.2, 0) is 0 Å². The van der Waals surface area contributed by atoms with E-state index in [2.05, 4.69) is 15.9 Å². The van der Waals surface area contributed by atoms with Crippen LogP contribution in [-0.4, -0.2) is 14.2 Å². The molecule has 112 valence electrons. The molecule has 0 aliphatic rings. The summed E-state index contributed by atoms with van der Waals surface area (Å²) in [5.41, 5.74) is 2.31. The van der Waals surface area contributed by atoms with E-state index >= 15 is 0 Å². The summed E-state index contributed by atoms with van der Waals surface area (Å²) < 4.78 is 24.9. The first-order chi connectivity index (χ1) is 9.96. The Morgan fingerprint density at radius 3 is 2.24 bits per heavy atom. The van der Waals surface area contributed by atoms with Crippen molar-refractivity contribution < 1.29 is 13.9 Å². The van der Waals surface area contributed by atoms with Gasteiger partial charge in [-0.05, 0) is 47.9 Å². The molecule has 1 atom stereocenters. The van der Waals surface area contributed by atoms with Gasteiger partial charge in [0.15, 0.2) is 11.5 Å². The lowest BCUT2D eigenvalue weighted by molar-refractivity contribution is 0.354. The highest BCUT2D eigenvalue weighted by atomic mass is 79.9. The van der Waals surface area contributed by atoms with E-state index in [1.54, 1.807) is 26.4 Å². The van der Waals surface area contributed by atoms with E-state index in [9.17, 15) is 4.39 Å². The highest BCUT2D eigenvalue weighted by Gasteiger charge is 2.18. The first-order valence-corrected chi connectivity index (χ1v) is 7.51. The summed E-state index contributed by atoms with van der Waals surface area (Å²) in [5.74, 6) is 0.883. The van der Waals surface area contributed by atoms with E-state index in [1.807, 2.05) is 13.0 Å². The second kappa shape index (κ2) is 6.67. The lowest BCUT2D eigenvalue weighted by atomic mass is 10.0. The molecule has 0 aromatic heterocycles. The van der Waals surface area contributed by atoms with Gasteiger partial charge in [-0.25, -0.2) is 4.39 Å². The predicted octanol–water partition coefficient (Wildman–Crippen LogP) is 5.24. The first-order valence-electron chi connectivity index (χ1n) is 6.29. The van der Waals surface area contributed by atoms with Gasteiger partial charge in [-0.15, -0.1) is 11.6 Å². The molecule has 0 saturated heterocycles. The average molecular weight is 374 g/mol. The maximum absolute atomic E-state index is 13.6. The zero-order valence-electron chi connectivity index (χ0n) is 11.9. The standard InChI is InChI=1S/C16H15BrClFO2/c1-9-4-10(6-11(19)5-9)16(18)12-7-14(20-2)15(21-3)8-13(12)17/h4-8,16H,1-3H3. The highest BCUT2D eigenvalue weighted by Crippen LogP contribution is 2.40. The largest absolute Gasteiger partial charge is 0.493 e. The molecule has 0 radical (unpaired) electrons. The number of hydrogen-bond acceptors (Lipinski definition) is 2. The Labute approximate surface area is 137 Å². The van der Waals surface area contributed by atoms with Crippen molar-refractivity contribution in [3.05, 3.63) is 57.3 Å². The van der Waals surface area contributed by atoms with E-state index in [4.69, 9.17) is 21.1 Å². The SMILES string of the molecule is COc1cc(Br)c(C(Cl)c2cc(C)cc(F)c2)cc1OC. The van der Waals surface area contributed by atoms with Gasteiger partial charge in [0.25, 0.3) is 0 Å². The van der Waals surface area contributed by atoms with Crippen LogP contribution in [0.3, 0.4) is 0 Å². The Kier molecular flexibility index (Phi) is 5.12. The van der Waals surface area contributed by atoms with E-state index in [1.165, 1.54) is 12.1 Å². The monoisotopic (exact) mass is 372 g/mol. The molecule has 0 heterocycles. The molecule has 0 aliphatic carbocycles. The number of alkyl halides is 1. The first kappa shape index (κ1) is 16.1. The van der Waals surface area contributed by atoms with Gasteiger partial charge in [-0.1, -0.05) is 22.0 Å². The normalized spacial score (nSPS) is 12.1. The van der Waals surface area contributed by atoms with Crippen LogP contribution < -0.4 is 9.47 Å². The van der Waals surface area contributed by atoms with Crippen LogP contribution in [0.25, 0.3) is 0 Å². The van der Waals surface area contributed by atoms with Crippen LogP contribution in [0.1, 0.15) is 22.1 Å². The van der Waals surface area contributed by atoms with Crippen molar-refractivity contribution >= 4 is 27.5 Å². The van der Waals surface area contributed by atoms with Gasteiger partial charge in [0.1, 0.15) is 5.82 Å². The molecule has 0 aliphatic heterocycles. The zero-order chi connectivity index (χ0) is 15.6. The molecular formula is C16H15BrClFO2. The fourth-order valence-corrected chi connectivity index (χ4v) is 3.14. The quantitative estimate of drug-likeness (QED) is 0.682. The molecule has 0 saturated carbocycles. The van der Waals surface area contributed by atoms with Crippen LogP contribution >= 0.6 is 27.5 Å². The summed E-state index contributed by atoms with van der Waals surface area (Å²) >= 11 is 9.98.